The molecule has 0 radical (unpaired) electrons. The van der Waals surface area contributed by atoms with Gasteiger partial charge in [-0.05, 0) is 18.2 Å². The van der Waals surface area contributed by atoms with Crippen LogP contribution < -0.4 is 4.90 Å². The van der Waals surface area contributed by atoms with Crippen molar-refractivity contribution in [2.24, 2.45) is 0 Å². The van der Waals surface area contributed by atoms with Crippen LogP contribution in [0.1, 0.15) is 10.4 Å². The molecular formula is C11H12FNO3S. The summed E-state index contributed by atoms with van der Waals surface area (Å²) in [5.41, 5.74) is 0.848. The average Bonchev–Trinajstić information content (AvgIpc) is 2.29. The van der Waals surface area contributed by atoms with E-state index < -0.39 is 15.7 Å². The predicted octanol–water partition coefficient (Wildman–Crippen LogP) is 0.873. The Bertz CT molecular complexity index is 528. The van der Waals surface area contributed by atoms with Crippen LogP contribution in [0.5, 0.6) is 0 Å². The van der Waals surface area contributed by atoms with E-state index in [0.717, 1.165) is 6.07 Å². The molecule has 0 spiro atoms. The Balaban J connectivity index is 2.27. The summed E-state index contributed by atoms with van der Waals surface area (Å²) >= 11 is 0. The molecular weight excluding hydrogens is 245 g/mol. The second-order valence-corrected chi connectivity index (χ2v) is 6.26. The van der Waals surface area contributed by atoms with Crippen molar-refractivity contribution in [3.05, 3.63) is 29.6 Å². The number of hydrogen-bond donors (Lipinski definition) is 0. The molecule has 1 aliphatic heterocycles. The molecule has 1 aliphatic rings. The molecule has 6 heteroatoms. The van der Waals surface area contributed by atoms with Gasteiger partial charge in [-0.1, -0.05) is 0 Å². The first kappa shape index (κ1) is 12.0. The third-order valence-corrected chi connectivity index (χ3v) is 4.41. The number of hydrogen-bond acceptors (Lipinski definition) is 4. The fraction of sp³-hybridized carbons (Fsp3) is 0.364. The van der Waals surface area contributed by atoms with E-state index in [2.05, 4.69) is 0 Å². The molecule has 0 amide bonds. The molecule has 1 aromatic carbocycles. The standard InChI is InChI=1S/C11H12FNO3S/c12-10-1-2-11(9(7-10)8-14)13-3-5-17(15,16)6-4-13/h1-2,7-8H,3-6H2. The normalized spacial score (nSPS) is 19.0. The molecule has 0 unspecified atom stereocenters. The van der Waals surface area contributed by atoms with Gasteiger partial charge in [0.2, 0.25) is 0 Å². The lowest BCUT2D eigenvalue weighted by Gasteiger charge is -2.29. The number of carbonyl (C=O) groups excluding carboxylic acids is 1. The zero-order valence-corrected chi connectivity index (χ0v) is 9.91. The molecule has 0 aromatic heterocycles. The number of carbonyl (C=O) groups is 1. The molecule has 0 N–H and O–H groups in total. The summed E-state index contributed by atoms with van der Waals surface area (Å²) in [5.74, 6) is -0.328. The van der Waals surface area contributed by atoms with Gasteiger partial charge in [-0.2, -0.15) is 0 Å². The highest BCUT2D eigenvalue weighted by atomic mass is 32.2. The maximum atomic E-state index is 13.0. The molecule has 92 valence electrons. The minimum absolute atomic E-state index is 0.0721. The summed E-state index contributed by atoms with van der Waals surface area (Å²) < 4.78 is 35.5. The van der Waals surface area contributed by atoms with Gasteiger partial charge in [0.05, 0.1) is 11.5 Å². The second-order valence-electron chi connectivity index (χ2n) is 3.96. The first-order chi connectivity index (χ1) is 8.02. The quantitative estimate of drug-likeness (QED) is 0.738. The maximum absolute atomic E-state index is 13.0. The van der Waals surface area contributed by atoms with Crippen molar-refractivity contribution in [2.75, 3.05) is 29.5 Å². The van der Waals surface area contributed by atoms with Crippen molar-refractivity contribution in [1.29, 1.82) is 0 Å². The van der Waals surface area contributed by atoms with Gasteiger partial charge in [0.15, 0.2) is 16.1 Å². The van der Waals surface area contributed by atoms with Crippen LogP contribution in [0.25, 0.3) is 0 Å². The molecule has 0 atom stereocenters. The lowest BCUT2D eigenvalue weighted by atomic mass is 10.1. The van der Waals surface area contributed by atoms with E-state index in [-0.39, 0.29) is 17.1 Å². The van der Waals surface area contributed by atoms with Crippen molar-refractivity contribution in [3.8, 4) is 0 Å². The third kappa shape index (κ3) is 2.63. The van der Waals surface area contributed by atoms with Crippen LogP contribution in [0.3, 0.4) is 0 Å². The SMILES string of the molecule is O=Cc1cc(F)ccc1N1CCS(=O)(=O)CC1. The Kier molecular flexibility index (Phi) is 3.15. The number of halogens is 1. The Morgan fingerprint density at radius 1 is 1.24 bits per heavy atom. The van der Waals surface area contributed by atoms with Gasteiger partial charge in [0, 0.05) is 24.3 Å². The van der Waals surface area contributed by atoms with Crippen LogP contribution >= 0.6 is 0 Å². The van der Waals surface area contributed by atoms with Gasteiger partial charge in [0.1, 0.15) is 5.82 Å². The van der Waals surface area contributed by atoms with Gasteiger partial charge in [-0.3, -0.25) is 4.79 Å². The van der Waals surface area contributed by atoms with Crippen molar-refractivity contribution in [1.82, 2.24) is 0 Å². The van der Waals surface area contributed by atoms with Crippen LogP contribution in [0, 0.1) is 5.82 Å². The van der Waals surface area contributed by atoms with Crippen molar-refractivity contribution in [3.63, 3.8) is 0 Å². The highest BCUT2D eigenvalue weighted by molar-refractivity contribution is 7.91. The van der Waals surface area contributed by atoms with Gasteiger partial charge in [-0.25, -0.2) is 12.8 Å². The van der Waals surface area contributed by atoms with Gasteiger partial charge < -0.3 is 4.90 Å². The first-order valence-corrected chi connectivity index (χ1v) is 7.04. The number of anilines is 1. The van der Waals surface area contributed by atoms with E-state index in [1.807, 2.05) is 0 Å². The van der Waals surface area contributed by atoms with E-state index in [9.17, 15) is 17.6 Å². The summed E-state index contributed by atoms with van der Waals surface area (Å²) in [7, 11) is -2.96. The monoisotopic (exact) mass is 257 g/mol. The van der Waals surface area contributed by atoms with Crippen molar-refractivity contribution >= 4 is 21.8 Å². The van der Waals surface area contributed by atoms with Gasteiger partial charge in [0.25, 0.3) is 0 Å². The first-order valence-electron chi connectivity index (χ1n) is 5.22. The van der Waals surface area contributed by atoms with E-state index in [1.54, 1.807) is 4.90 Å². The highest BCUT2D eigenvalue weighted by Crippen LogP contribution is 2.22. The highest BCUT2D eigenvalue weighted by Gasteiger charge is 2.23. The summed E-state index contributed by atoms with van der Waals surface area (Å²) in [6.45, 7) is 0.684. The average molecular weight is 257 g/mol. The van der Waals surface area contributed by atoms with Crippen molar-refractivity contribution in [2.45, 2.75) is 0 Å². The van der Waals surface area contributed by atoms with Crippen molar-refractivity contribution < 1.29 is 17.6 Å². The molecule has 2 rings (SSSR count). The molecule has 1 saturated heterocycles. The summed E-state index contributed by atoms with van der Waals surface area (Å²) in [5, 5.41) is 0. The maximum Gasteiger partial charge on any atom is 0.153 e. The molecule has 1 heterocycles. The second kappa shape index (κ2) is 4.44. The molecule has 0 bridgehead atoms. The molecule has 0 aliphatic carbocycles. The molecule has 1 fully saturated rings. The fourth-order valence-corrected chi connectivity index (χ4v) is 3.06. The smallest absolute Gasteiger partial charge is 0.153 e. The number of benzene rings is 1. The van der Waals surface area contributed by atoms with E-state index in [4.69, 9.17) is 0 Å². The number of rotatable bonds is 2. The zero-order valence-electron chi connectivity index (χ0n) is 9.10. The number of nitrogens with zero attached hydrogens (tertiary/aromatic N) is 1. The minimum Gasteiger partial charge on any atom is -0.369 e. The Hall–Kier alpha value is -1.43. The number of aldehydes is 1. The largest absolute Gasteiger partial charge is 0.369 e. The minimum atomic E-state index is -2.96. The lowest BCUT2D eigenvalue weighted by molar-refractivity contribution is 0.112. The van der Waals surface area contributed by atoms with E-state index in [1.165, 1.54) is 12.1 Å². The Morgan fingerprint density at radius 2 is 1.88 bits per heavy atom. The molecule has 4 nitrogen and oxygen atoms in total. The van der Waals surface area contributed by atoms with Crippen LogP contribution in [-0.4, -0.2) is 39.3 Å². The number of sulfone groups is 1. The molecule has 0 saturated carbocycles. The van der Waals surface area contributed by atoms with Gasteiger partial charge >= 0.3 is 0 Å². The van der Waals surface area contributed by atoms with E-state index in [0.29, 0.717) is 25.1 Å². The Morgan fingerprint density at radius 3 is 2.47 bits per heavy atom. The Labute approximate surface area is 99.0 Å². The van der Waals surface area contributed by atoms with E-state index >= 15 is 0 Å². The lowest BCUT2D eigenvalue weighted by Crippen LogP contribution is -2.40. The van der Waals surface area contributed by atoms with Crippen LogP contribution in [0.2, 0.25) is 0 Å². The topological polar surface area (TPSA) is 54.5 Å². The molecule has 1 aromatic rings. The summed E-state index contributed by atoms with van der Waals surface area (Å²) in [4.78, 5) is 12.6. The fourth-order valence-electron chi connectivity index (χ4n) is 1.86. The van der Waals surface area contributed by atoms with Crippen LogP contribution in [0.4, 0.5) is 10.1 Å². The molecule has 17 heavy (non-hydrogen) atoms. The predicted molar refractivity (Wildman–Crippen MR) is 62.7 cm³/mol. The third-order valence-electron chi connectivity index (χ3n) is 2.80. The van der Waals surface area contributed by atoms with Gasteiger partial charge in [-0.15, -0.1) is 0 Å². The summed E-state index contributed by atoms with van der Waals surface area (Å²) in [6, 6.07) is 3.94. The van der Waals surface area contributed by atoms with Crippen LogP contribution in [0.15, 0.2) is 18.2 Å². The summed E-state index contributed by atoms with van der Waals surface area (Å²) in [6.07, 6.45) is 0.585. The zero-order chi connectivity index (χ0) is 12.5. The van der Waals surface area contributed by atoms with Crippen LogP contribution in [-0.2, 0) is 9.84 Å².